The van der Waals surface area contributed by atoms with Gasteiger partial charge in [-0.3, -0.25) is 4.57 Å². The maximum Gasteiger partial charge on any atom is 0.276 e. The van der Waals surface area contributed by atoms with Gasteiger partial charge in [-0.25, -0.2) is 0 Å². The molecular formula is C6H8Cl3OP. The summed E-state index contributed by atoms with van der Waals surface area (Å²) in [7, 11) is 0. The van der Waals surface area contributed by atoms with Crippen molar-refractivity contribution in [1.29, 1.82) is 0 Å². The van der Waals surface area contributed by atoms with E-state index in [4.69, 9.17) is 34.1 Å². The lowest BCUT2D eigenvalue weighted by Crippen LogP contribution is -1.72. The van der Waals surface area contributed by atoms with Crippen LogP contribution in [0.5, 0.6) is 0 Å². The van der Waals surface area contributed by atoms with Gasteiger partial charge in [-0.2, -0.15) is 0 Å². The molecule has 0 saturated heterocycles. The van der Waals surface area contributed by atoms with E-state index in [-0.39, 0.29) is 0 Å². The summed E-state index contributed by atoms with van der Waals surface area (Å²) in [6.45, 7) is 3.60. The SMILES string of the molecule is C/C=C(C)/C(Cl)=C/P(=O)(Cl)Cl. The van der Waals surface area contributed by atoms with Gasteiger partial charge in [0.15, 0.2) is 0 Å². The summed E-state index contributed by atoms with van der Waals surface area (Å²) in [6, 6.07) is 0. The summed E-state index contributed by atoms with van der Waals surface area (Å²) in [5, 5.41) is 0.334. The minimum atomic E-state index is -3.18. The molecule has 0 N–H and O–H groups in total. The van der Waals surface area contributed by atoms with Crippen LogP contribution in [-0.4, -0.2) is 0 Å². The average molecular weight is 233 g/mol. The Morgan fingerprint density at radius 1 is 1.45 bits per heavy atom. The second-order valence-electron chi connectivity index (χ2n) is 1.95. The van der Waals surface area contributed by atoms with Gasteiger partial charge in [0, 0.05) is 10.8 Å². The molecule has 0 aliphatic heterocycles. The van der Waals surface area contributed by atoms with E-state index in [2.05, 4.69) is 0 Å². The van der Waals surface area contributed by atoms with Gasteiger partial charge in [0.05, 0.1) is 0 Å². The largest absolute Gasteiger partial charge is 0.285 e. The quantitative estimate of drug-likeness (QED) is 0.499. The van der Waals surface area contributed by atoms with E-state index in [1.54, 1.807) is 13.0 Å². The normalized spacial score (nSPS) is 15.4. The van der Waals surface area contributed by atoms with Crippen molar-refractivity contribution < 1.29 is 4.57 Å². The van der Waals surface area contributed by atoms with Crippen molar-refractivity contribution in [3.05, 3.63) is 22.5 Å². The average Bonchev–Trinajstić information content (AvgIpc) is 1.82. The summed E-state index contributed by atoms with van der Waals surface area (Å²) < 4.78 is 10.8. The predicted molar refractivity (Wildman–Crippen MR) is 52.7 cm³/mol. The third kappa shape index (κ3) is 5.81. The van der Waals surface area contributed by atoms with Crippen LogP contribution in [0.25, 0.3) is 0 Å². The maximum atomic E-state index is 10.8. The highest BCUT2D eigenvalue weighted by Crippen LogP contribution is 2.59. The smallest absolute Gasteiger partial charge is 0.276 e. The van der Waals surface area contributed by atoms with Crippen molar-refractivity contribution in [2.24, 2.45) is 0 Å². The van der Waals surface area contributed by atoms with Gasteiger partial charge < -0.3 is 0 Å². The molecule has 0 spiro atoms. The summed E-state index contributed by atoms with van der Waals surface area (Å²) >= 11 is 16.2. The zero-order chi connectivity index (χ0) is 9.07. The molecule has 11 heavy (non-hydrogen) atoms. The molecule has 64 valence electrons. The van der Waals surface area contributed by atoms with Crippen LogP contribution in [0.1, 0.15) is 13.8 Å². The van der Waals surface area contributed by atoms with E-state index in [0.29, 0.717) is 5.03 Å². The predicted octanol–water partition coefficient (Wildman–Crippen LogP) is 4.70. The van der Waals surface area contributed by atoms with Gasteiger partial charge in [-0.05, 0) is 41.9 Å². The molecule has 0 fully saturated rings. The lowest BCUT2D eigenvalue weighted by atomic mass is 10.3. The Bertz CT molecular complexity index is 238. The third-order valence-electron chi connectivity index (χ3n) is 1.07. The Morgan fingerprint density at radius 3 is 2.18 bits per heavy atom. The number of hydrogen-bond acceptors (Lipinski definition) is 1. The van der Waals surface area contributed by atoms with Crippen LogP contribution in [0, 0.1) is 0 Å². The van der Waals surface area contributed by atoms with E-state index < -0.39 is 5.85 Å². The summed E-state index contributed by atoms with van der Waals surface area (Å²) in [5.41, 5.74) is 0.799. The van der Waals surface area contributed by atoms with Gasteiger partial charge in [0.25, 0.3) is 5.85 Å². The van der Waals surface area contributed by atoms with Crippen molar-refractivity contribution in [1.82, 2.24) is 0 Å². The monoisotopic (exact) mass is 232 g/mol. The zero-order valence-corrected chi connectivity index (χ0v) is 9.31. The number of halogens is 3. The molecule has 0 saturated carbocycles. The first kappa shape index (κ1) is 11.6. The molecule has 0 amide bonds. The van der Waals surface area contributed by atoms with E-state index in [1.807, 2.05) is 6.92 Å². The molecule has 0 aromatic carbocycles. The number of hydrogen-bond donors (Lipinski definition) is 0. The molecule has 0 rings (SSSR count). The minimum Gasteiger partial charge on any atom is -0.285 e. The van der Waals surface area contributed by atoms with Gasteiger partial charge in [-0.1, -0.05) is 17.7 Å². The van der Waals surface area contributed by atoms with Crippen LogP contribution in [-0.2, 0) is 4.57 Å². The summed E-state index contributed by atoms with van der Waals surface area (Å²) in [4.78, 5) is 0. The fraction of sp³-hybridized carbons (Fsp3) is 0.333. The highest BCUT2D eigenvalue weighted by atomic mass is 35.9. The molecule has 0 aliphatic carbocycles. The van der Waals surface area contributed by atoms with Gasteiger partial charge in [-0.15, -0.1) is 0 Å². The molecule has 0 aromatic heterocycles. The lowest BCUT2D eigenvalue weighted by molar-refractivity contribution is 0.597. The first-order valence-corrected chi connectivity index (χ1v) is 6.84. The minimum absolute atomic E-state index is 0.334. The Hall–Kier alpha value is 0.580. The third-order valence-corrected chi connectivity index (χ3v) is 2.78. The molecule has 0 atom stereocenters. The molecule has 0 unspecified atom stereocenters. The zero-order valence-electron chi connectivity index (χ0n) is 6.14. The van der Waals surface area contributed by atoms with Crippen LogP contribution >= 0.6 is 39.9 Å². The van der Waals surface area contributed by atoms with Crippen molar-refractivity contribution in [3.8, 4) is 0 Å². The Balaban J connectivity index is 4.62. The van der Waals surface area contributed by atoms with Crippen LogP contribution in [0.4, 0.5) is 0 Å². The molecule has 0 aromatic rings. The van der Waals surface area contributed by atoms with Crippen LogP contribution in [0.3, 0.4) is 0 Å². The maximum absolute atomic E-state index is 10.8. The van der Waals surface area contributed by atoms with Crippen molar-refractivity contribution in [2.45, 2.75) is 13.8 Å². The number of rotatable bonds is 2. The molecular weight excluding hydrogens is 225 g/mol. The molecule has 1 nitrogen and oxygen atoms in total. The highest BCUT2D eigenvalue weighted by Gasteiger charge is 2.10. The summed E-state index contributed by atoms with van der Waals surface area (Å²) in [6.07, 6.45) is 1.78. The van der Waals surface area contributed by atoms with Gasteiger partial charge in [0.1, 0.15) is 0 Å². The Kier molecular flexibility index (Phi) is 4.81. The van der Waals surface area contributed by atoms with Gasteiger partial charge >= 0.3 is 0 Å². The molecule has 0 heterocycles. The topological polar surface area (TPSA) is 17.1 Å². The van der Waals surface area contributed by atoms with Gasteiger partial charge in [0.2, 0.25) is 0 Å². The highest BCUT2D eigenvalue weighted by molar-refractivity contribution is 8.10. The second-order valence-corrected chi connectivity index (χ2v) is 7.15. The van der Waals surface area contributed by atoms with Crippen molar-refractivity contribution >= 4 is 39.9 Å². The molecule has 5 heteroatoms. The molecule has 0 radical (unpaired) electrons. The van der Waals surface area contributed by atoms with Crippen LogP contribution in [0.2, 0.25) is 0 Å². The fourth-order valence-electron chi connectivity index (χ4n) is 0.372. The number of allylic oxidation sites excluding steroid dienone is 3. The van der Waals surface area contributed by atoms with E-state index >= 15 is 0 Å². The lowest BCUT2D eigenvalue weighted by Gasteiger charge is -1.97. The first-order valence-electron chi connectivity index (χ1n) is 2.87. The Morgan fingerprint density at radius 2 is 1.91 bits per heavy atom. The molecule has 0 bridgehead atoms. The molecule has 0 aliphatic rings. The first-order chi connectivity index (χ1) is 4.87. The Labute approximate surface area is 81.0 Å². The van der Waals surface area contributed by atoms with E-state index in [0.717, 1.165) is 11.4 Å². The fourth-order valence-corrected chi connectivity index (χ4v) is 2.25. The summed E-state index contributed by atoms with van der Waals surface area (Å²) in [5.74, 6) is -2.02. The van der Waals surface area contributed by atoms with E-state index in [1.165, 1.54) is 0 Å². The van der Waals surface area contributed by atoms with Crippen LogP contribution in [0.15, 0.2) is 22.5 Å². The van der Waals surface area contributed by atoms with Crippen LogP contribution < -0.4 is 0 Å². The standard InChI is InChI=1S/C6H8Cl3OP/c1-3-5(2)6(7)4-11(8,9)10/h3-4H,1-2H3/b5-3+,6-4-. The van der Waals surface area contributed by atoms with Crippen molar-refractivity contribution in [2.75, 3.05) is 0 Å². The van der Waals surface area contributed by atoms with E-state index in [9.17, 15) is 4.57 Å². The second kappa shape index (κ2) is 4.57. The van der Waals surface area contributed by atoms with Crippen molar-refractivity contribution in [3.63, 3.8) is 0 Å².